The van der Waals surface area contributed by atoms with Crippen molar-refractivity contribution in [3.8, 4) is 0 Å². The lowest BCUT2D eigenvalue weighted by molar-refractivity contribution is -0.139. The molecule has 1 aromatic rings. The van der Waals surface area contributed by atoms with E-state index >= 15 is 0 Å². The molecule has 1 heterocycles. The third kappa shape index (κ3) is 2.81. The van der Waals surface area contributed by atoms with Crippen LogP contribution in [0.3, 0.4) is 0 Å². The van der Waals surface area contributed by atoms with Crippen LogP contribution in [0.15, 0.2) is 15.4 Å². The standard InChI is InChI=1S/C9H7Br2N3O3/c10-5-2-12-7(6(11)13-5)14-8(15)3-1-4(3)9(16)17/h2-4H,1H2,(H,16,17)(H,12,14,15). The average Bonchev–Trinajstić information content (AvgIpc) is 3.01. The molecule has 0 bridgehead atoms. The summed E-state index contributed by atoms with van der Waals surface area (Å²) in [7, 11) is 0. The van der Waals surface area contributed by atoms with Gasteiger partial charge in [0.15, 0.2) is 5.82 Å². The van der Waals surface area contributed by atoms with Crippen LogP contribution in [0.25, 0.3) is 0 Å². The number of rotatable bonds is 3. The van der Waals surface area contributed by atoms with Crippen LogP contribution in [0.4, 0.5) is 5.82 Å². The van der Waals surface area contributed by atoms with Gasteiger partial charge in [-0.1, -0.05) is 0 Å². The fraction of sp³-hybridized carbons (Fsp3) is 0.333. The Kier molecular flexibility index (Phi) is 3.43. The number of nitrogens with one attached hydrogen (secondary N) is 1. The topological polar surface area (TPSA) is 92.2 Å². The lowest BCUT2D eigenvalue weighted by atomic mass is 10.3. The Hall–Kier alpha value is -1.02. The molecule has 1 aliphatic carbocycles. The summed E-state index contributed by atoms with van der Waals surface area (Å²) >= 11 is 6.29. The first-order valence-electron chi connectivity index (χ1n) is 4.70. The Balaban J connectivity index is 2.02. The first kappa shape index (κ1) is 12.4. The van der Waals surface area contributed by atoms with E-state index in [1.807, 2.05) is 0 Å². The number of aliphatic carboxylic acids is 1. The van der Waals surface area contributed by atoms with Crippen molar-refractivity contribution in [3.63, 3.8) is 0 Å². The maximum atomic E-state index is 11.7. The lowest BCUT2D eigenvalue weighted by Gasteiger charge is -2.04. The number of hydrogen-bond acceptors (Lipinski definition) is 4. The van der Waals surface area contributed by atoms with Gasteiger partial charge in [0.2, 0.25) is 5.91 Å². The van der Waals surface area contributed by atoms with Gasteiger partial charge in [-0.05, 0) is 38.3 Å². The molecular weight excluding hydrogens is 358 g/mol. The molecule has 90 valence electrons. The van der Waals surface area contributed by atoms with Gasteiger partial charge in [0.05, 0.1) is 18.0 Å². The van der Waals surface area contributed by atoms with E-state index in [1.54, 1.807) is 0 Å². The number of nitrogens with zero attached hydrogens (tertiary/aromatic N) is 2. The fourth-order valence-corrected chi connectivity index (χ4v) is 2.31. The van der Waals surface area contributed by atoms with Gasteiger partial charge in [0.1, 0.15) is 9.21 Å². The highest BCUT2D eigenvalue weighted by atomic mass is 79.9. The summed E-state index contributed by atoms with van der Waals surface area (Å²) in [5, 5.41) is 11.2. The number of hydrogen-bond donors (Lipinski definition) is 2. The first-order chi connectivity index (χ1) is 7.99. The molecule has 0 aromatic carbocycles. The van der Waals surface area contributed by atoms with Crippen LogP contribution < -0.4 is 5.32 Å². The van der Waals surface area contributed by atoms with Crippen molar-refractivity contribution in [1.29, 1.82) is 0 Å². The lowest BCUT2D eigenvalue weighted by Crippen LogP contribution is -2.18. The molecule has 6 nitrogen and oxygen atoms in total. The zero-order valence-electron chi connectivity index (χ0n) is 8.35. The van der Waals surface area contributed by atoms with E-state index in [0.29, 0.717) is 15.6 Å². The number of carbonyl (C=O) groups excluding carboxylic acids is 1. The number of amides is 1. The van der Waals surface area contributed by atoms with E-state index in [0.717, 1.165) is 0 Å². The van der Waals surface area contributed by atoms with Gasteiger partial charge < -0.3 is 10.4 Å². The highest BCUT2D eigenvalue weighted by molar-refractivity contribution is 9.11. The molecule has 1 fully saturated rings. The molecule has 1 amide bonds. The molecule has 2 unspecified atom stereocenters. The molecular formula is C9H7Br2N3O3. The minimum Gasteiger partial charge on any atom is -0.481 e. The summed E-state index contributed by atoms with van der Waals surface area (Å²) in [5.41, 5.74) is 0. The van der Waals surface area contributed by atoms with Gasteiger partial charge in [-0.2, -0.15) is 0 Å². The Morgan fingerprint density at radius 1 is 1.41 bits per heavy atom. The number of halogens is 2. The molecule has 0 spiro atoms. The highest BCUT2D eigenvalue weighted by Crippen LogP contribution is 2.39. The van der Waals surface area contributed by atoms with Crippen molar-refractivity contribution < 1.29 is 14.7 Å². The molecule has 1 aliphatic rings. The van der Waals surface area contributed by atoms with Crippen molar-refractivity contribution in [3.05, 3.63) is 15.4 Å². The molecule has 2 atom stereocenters. The van der Waals surface area contributed by atoms with Crippen molar-refractivity contribution in [1.82, 2.24) is 9.97 Å². The summed E-state index contributed by atoms with van der Waals surface area (Å²) < 4.78 is 0.935. The molecule has 0 radical (unpaired) electrons. The maximum Gasteiger partial charge on any atom is 0.307 e. The number of carboxylic acid groups (broad SMARTS) is 1. The van der Waals surface area contributed by atoms with Crippen LogP contribution >= 0.6 is 31.9 Å². The van der Waals surface area contributed by atoms with Gasteiger partial charge in [-0.3, -0.25) is 9.59 Å². The minimum absolute atomic E-state index is 0.286. The van der Waals surface area contributed by atoms with Crippen LogP contribution in [0.1, 0.15) is 6.42 Å². The number of aromatic nitrogens is 2. The number of anilines is 1. The summed E-state index contributed by atoms with van der Waals surface area (Å²) in [6.45, 7) is 0. The Labute approximate surface area is 113 Å². The molecule has 2 N–H and O–H groups in total. The molecule has 0 aliphatic heterocycles. The summed E-state index contributed by atoms with van der Waals surface area (Å²) in [6.07, 6.45) is 1.82. The van der Waals surface area contributed by atoms with E-state index in [4.69, 9.17) is 5.11 Å². The van der Waals surface area contributed by atoms with Gasteiger partial charge in [0.25, 0.3) is 0 Å². The fourth-order valence-electron chi connectivity index (χ4n) is 1.40. The van der Waals surface area contributed by atoms with E-state index in [1.165, 1.54) is 6.20 Å². The number of carbonyl (C=O) groups is 2. The predicted molar refractivity (Wildman–Crippen MR) is 65.3 cm³/mol. The zero-order chi connectivity index (χ0) is 12.6. The van der Waals surface area contributed by atoms with Crippen LogP contribution in [0.5, 0.6) is 0 Å². The van der Waals surface area contributed by atoms with Gasteiger partial charge in [-0.25, -0.2) is 9.97 Å². The molecule has 8 heteroatoms. The minimum atomic E-state index is -0.939. The largest absolute Gasteiger partial charge is 0.481 e. The third-order valence-electron chi connectivity index (χ3n) is 2.39. The van der Waals surface area contributed by atoms with Crippen molar-refractivity contribution in [2.45, 2.75) is 6.42 Å². The van der Waals surface area contributed by atoms with Crippen LogP contribution in [-0.4, -0.2) is 27.0 Å². The third-order valence-corrected chi connectivity index (χ3v) is 3.32. The molecule has 2 rings (SSSR count). The Morgan fingerprint density at radius 2 is 2.12 bits per heavy atom. The summed E-state index contributed by atoms with van der Waals surface area (Å²) in [6, 6.07) is 0. The monoisotopic (exact) mass is 363 g/mol. The quantitative estimate of drug-likeness (QED) is 0.850. The van der Waals surface area contributed by atoms with Crippen molar-refractivity contribution in [2.75, 3.05) is 5.32 Å². The van der Waals surface area contributed by atoms with Gasteiger partial charge in [-0.15, -0.1) is 0 Å². The molecule has 1 aromatic heterocycles. The van der Waals surface area contributed by atoms with Crippen LogP contribution in [0.2, 0.25) is 0 Å². The van der Waals surface area contributed by atoms with Gasteiger partial charge >= 0.3 is 5.97 Å². The van der Waals surface area contributed by atoms with E-state index in [-0.39, 0.29) is 11.7 Å². The summed E-state index contributed by atoms with van der Waals surface area (Å²) in [5.74, 6) is -2.03. The van der Waals surface area contributed by atoms with E-state index in [2.05, 4.69) is 47.1 Å². The average molecular weight is 365 g/mol. The predicted octanol–water partition coefficient (Wildman–Crippen LogP) is 1.66. The summed E-state index contributed by atoms with van der Waals surface area (Å²) in [4.78, 5) is 30.2. The van der Waals surface area contributed by atoms with Crippen LogP contribution in [0, 0.1) is 11.8 Å². The zero-order valence-corrected chi connectivity index (χ0v) is 11.5. The smallest absolute Gasteiger partial charge is 0.307 e. The van der Waals surface area contributed by atoms with Crippen molar-refractivity contribution in [2.24, 2.45) is 11.8 Å². The Bertz CT molecular complexity index is 494. The van der Waals surface area contributed by atoms with Gasteiger partial charge in [0, 0.05) is 0 Å². The van der Waals surface area contributed by atoms with Crippen LogP contribution in [-0.2, 0) is 9.59 Å². The second-order valence-corrected chi connectivity index (χ2v) is 5.17. The second kappa shape index (κ2) is 4.69. The highest BCUT2D eigenvalue weighted by Gasteiger charge is 2.48. The van der Waals surface area contributed by atoms with E-state index in [9.17, 15) is 9.59 Å². The molecule has 0 saturated heterocycles. The first-order valence-corrected chi connectivity index (χ1v) is 6.29. The molecule has 17 heavy (non-hydrogen) atoms. The molecule has 1 saturated carbocycles. The SMILES string of the molecule is O=C(O)C1CC1C(=O)Nc1ncc(Br)nc1Br. The normalized spacial score (nSPS) is 22.0. The second-order valence-electron chi connectivity index (χ2n) is 3.61. The Morgan fingerprint density at radius 3 is 2.65 bits per heavy atom. The van der Waals surface area contributed by atoms with E-state index < -0.39 is 17.8 Å². The van der Waals surface area contributed by atoms with Crippen molar-refractivity contribution >= 4 is 49.6 Å². The number of carboxylic acids is 1. The maximum absolute atomic E-state index is 11.7.